The van der Waals surface area contributed by atoms with E-state index >= 15 is 0 Å². The fraction of sp³-hybridized carbons (Fsp3) is 0.500. The smallest absolute Gasteiger partial charge is 0.0233 e. The molecule has 1 aromatic carbocycles. The molecular weight excluding hydrogens is 238 g/mol. The molecule has 14 heavy (non-hydrogen) atoms. The molecule has 0 aliphatic carbocycles. The Morgan fingerprint density at radius 2 is 1.71 bits per heavy atom. The predicted molar refractivity (Wildman–Crippen MR) is 65.6 cm³/mol. The molecular formula is C12H18BrN. The molecule has 0 amide bonds. The monoisotopic (exact) mass is 255 g/mol. The largest absolute Gasteiger partial charge is 0.330 e. The summed E-state index contributed by atoms with van der Waals surface area (Å²) < 4.78 is 1.24. The molecule has 0 saturated carbocycles. The van der Waals surface area contributed by atoms with Gasteiger partial charge in [-0.1, -0.05) is 28.1 Å². The molecule has 78 valence electrons. The minimum absolute atomic E-state index is 0.800. The average Bonchev–Trinajstić information content (AvgIpc) is 2.14. The lowest BCUT2D eigenvalue weighted by atomic mass is 10.0. The van der Waals surface area contributed by atoms with E-state index in [0.29, 0.717) is 0 Å². The van der Waals surface area contributed by atoms with Crippen molar-refractivity contribution in [3.05, 3.63) is 33.3 Å². The number of hydrogen-bond acceptors (Lipinski definition) is 1. The Balaban J connectivity index is 2.69. The molecule has 0 bridgehead atoms. The van der Waals surface area contributed by atoms with Gasteiger partial charge in [0.25, 0.3) is 0 Å². The highest BCUT2D eigenvalue weighted by Crippen LogP contribution is 2.23. The number of rotatable bonds is 4. The molecule has 0 saturated heterocycles. The lowest BCUT2D eigenvalue weighted by molar-refractivity contribution is 0.744. The van der Waals surface area contributed by atoms with Crippen molar-refractivity contribution in [2.75, 3.05) is 6.54 Å². The minimum Gasteiger partial charge on any atom is -0.330 e. The van der Waals surface area contributed by atoms with Gasteiger partial charge in [-0.05, 0) is 56.3 Å². The summed E-state index contributed by atoms with van der Waals surface area (Å²) in [6.07, 6.45) is 3.46. The fourth-order valence-corrected chi connectivity index (χ4v) is 1.88. The molecule has 0 aliphatic heterocycles. The predicted octanol–water partition coefficient (Wildman–Crippen LogP) is 3.35. The summed E-state index contributed by atoms with van der Waals surface area (Å²) >= 11 is 3.58. The topological polar surface area (TPSA) is 26.0 Å². The van der Waals surface area contributed by atoms with Crippen molar-refractivity contribution in [2.45, 2.75) is 33.1 Å². The van der Waals surface area contributed by atoms with E-state index in [1.165, 1.54) is 27.6 Å². The first-order valence-electron chi connectivity index (χ1n) is 5.11. The molecule has 1 nitrogen and oxygen atoms in total. The number of halogens is 1. The number of nitrogens with two attached hydrogens (primary N) is 1. The highest BCUT2D eigenvalue weighted by atomic mass is 79.9. The maximum Gasteiger partial charge on any atom is 0.0233 e. The normalized spacial score (nSPS) is 10.6. The summed E-state index contributed by atoms with van der Waals surface area (Å²) in [5.41, 5.74) is 9.55. The zero-order valence-electron chi connectivity index (χ0n) is 8.94. The second-order valence-electron chi connectivity index (χ2n) is 3.79. The molecule has 2 N–H and O–H groups in total. The summed E-state index contributed by atoms with van der Waals surface area (Å²) in [5.74, 6) is 0. The van der Waals surface area contributed by atoms with Crippen molar-refractivity contribution >= 4 is 15.9 Å². The molecule has 1 rings (SSSR count). The van der Waals surface area contributed by atoms with Crippen molar-refractivity contribution in [1.29, 1.82) is 0 Å². The van der Waals surface area contributed by atoms with Crippen molar-refractivity contribution in [3.63, 3.8) is 0 Å². The summed E-state index contributed by atoms with van der Waals surface area (Å²) in [6.45, 7) is 5.08. The Morgan fingerprint density at radius 1 is 1.14 bits per heavy atom. The molecule has 0 spiro atoms. The van der Waals surface area contributed by atoms with Crippen LogP contribution in [0, 0.1) is 13.8 Å². The highest BCUT2D eigenvalue weighted by molar-refractivity contribution is 9.10. The summed E-state index contributed by atoms with van der Waals surface area (Å²) in [6, 6.07) is 4.52. The number of benzene rings is 1. The van der Waals surface area contributed by atoms with Crippen LogP contribution < -0.4 is 5.73 Å². The Labute approximate surface area is 94.8 Å². The first-order chi connectivity index (χ1) is 6.65. The third kappa shape index (κ3) is 3.10. The Morgan fingerprint density at radius 3 is 2.21 bits per heavy atom. The van der Waals surface area contributed by atoms with E-state index in [-0.39, 0.29) is 0 Å². The maximum atomic E-state index is 5.47. The van der Waals surface area contributed by atoms with E-state index in [0.717, 1.165) is 19.4 Å². The lowest BCUT2D eigenvalue weighted by Gasteiger charge is -2.07. The van der Waals surface area contributed by atoms with Crippen LogP contribution in [0.1, 0.15) is 29.5 Å². The Kier molecular flexibility index (Phi) is 4.63. The highest BCUT2D eigenvalue weighted by Gasteiger charge is 2.01. The van der Waals surface area contributed by atoms with E-state index in [9.17, 15) is 0 Å². The first kappa shape index (κ1) is 11.7. The van der Waals surface area contributed by atoms with E-state index in [2.05, 4.69) is 41.9 Å². The number of unbranched alkanes of at least 4 members (excludes halogenated alkanes) is 1. The van der Waals surface area contributed by atoms with Gasteiger partial charge in [0.15, 0.2) is 0 Å². The minimum atomic E-state index is 0.800. The van der Waals surface area contributed by atoms with Gasteiger partial charge in [0.1, 0.15) is 0 Å². The van der Waals surface area contributed by atoms with E-state index in [1.807, 2.05) is 0 Å². The van der Waals surface area contributed by atoms with Crippen LogP contribution in [0.15, 0.2) is 16.6 Å². The number of aryl methyl sites for hydroxylation is 3. The SMILES string of the molecule is Cc1cc(CCCCN)cc(C)c1Br. The van der Waals surface area contributed by atoms with Gasteiger partial charge < -0.3 is 5.73 Å². The van der Waals surface area contributed by atoms with E-state index < -0.39 is 0 Å². The second-order valence-corrected chi connectivity index (χ2v) is 4.58. The van der Waals surface area contributed by atoms with Crippen LogP contribution in [0.3, 0.4) is 0 Å². The van der Waals surface area contributed by atoms with Crippen LogP contribution >= 0.6 is 15.9 Å². The molecule has 0 fully saturated rings. The lowest BCUT2D eigenvalue weighted by Crippen LogP contribution is -1.99. The van der Waals surface area contributed by atoms with Crippen LogP contribution in [-0.4, -0.2) is 6.54 Å². The van der Waals surface area contributed by atoms with Crippen molar-refractivity contribution in [2.24, 2.45) is 5.73 Å². The summed E-state index contributed by atoms with van der Waals surface area (Å²) in [4.78, 5) is 0. The third-order valence-corrected chi connectivity index (χ3v) is 3.67. The molecule has 2 heteroatoms. The molecule has 0 radical (unpaired) electrons. The summed E-state index contributed by atoms with van der Waals surface area (Å²) in [5, 5.41) is 0. The first-order valence-corrected chi connectivity index (χ1v) is 5.90. The maximum absolute atomic E-state index is 5.47. The second kappa shape index (κ2) is 5.52. The van der Waals surface area contributed by atoms with Crippen molar-refractivity contribution in [1.82, 2.24) is 0 Å². The van der Waals surface area contributed by atoms with Gasteiger partial charge in [-0.25, -0.2) is 0 Å². The van der Waals surface area contributed by atoms with Crippen LogP contribution in [0.4, 0.5) is 0 Å². The fourth-order valence-electron chi connectivity index (χ4n) is 1.65. The Bertz CT molecular complexity index is 284. The van der Waals surface area contributed by atoms with Gasteiger partial charge in [-0.15, -0.1) is 0 Å². The Hall–Kier alpha value is -0.340. The van der Waals surface area contributed by atoms with Gasteiger partial charge in [-0.3, -0.25) is 0 Å². The van der Waals surface area contributed by atoms with Crippen LogP contribution in [0.25, 0.3) is 0 Å². The molecule has 0 atom stereocenters. The third-order valence-electron chi connectivity index (χ3n) is 2.42. The van der Waals surface area contributed by atoms with Gasteiger partial charge in [-0.2, -0.15) is 0 Å². The van der Waals surface area contributed by atoms with Crippen LogP contribution in [0.2, 0.25) is 0 Å². The molecule has 0 heterocycles. The van der Waals surface area contributed by atoms with Gasteiger partial charge >= 0.3 is 0 Å². The average molecular weight is 256 g/mol. The van der Waals surface area contributed by atoms with Crippen LogP contribution in [0.5, 0.6) is 0 Å². The zero-order valence-corrected chi connectivity index (χ0v) is 10.5. The quantitative estimate of drug-likeness (QED) is 0.821. The molecule has 0 aromatic heterocycles. The molecule has 0 aliphatic rings. The van der Waals surface area contributed by atoms with Gasteiger partial charge in [0.05, 0.1) is 0 Å². The van der Waals surface area contributed by atoms with Crippen LogP contribution in [-0.2, 0) is 6.42 Å². The summed E-state index contributed by atoms with van der Waals surface area (Å²) in [7, 11) is 0. The molecule has 0 unspecified atom stereocenters. The number of hydrogen-bond donors (Lipinski definition) is 1. The van der Waals surface area contributed by atoms with Crippen molar-refractivity contribution in [3.8, 4) is 0 Å². The molecule has 1 aromatic rings. The van der Waals surface area contributed by atoms with Crippen molar-refractivity contribution < 1.29 is 0 Å². The van der Waals surface area contributed by atoms with Gasteiger partial charge in [0, 0.05) is 4.47 Å². The standard InChI is InChI=1S/C12H18BrN/c1-9-7-11(5-3-4-6-14)8-10(2)12(9)13/h7-8H,3-6,14H2,1-2H3. The van der Waals surface area contributed by atoms with E-state index in [4.69, 9.17) is 5.73 Å². The zero-order chi connectivity index (χ0) is 10.6. The van der Waals surface area contributed by atoms with E-state index in [1.54, 1.807) is 0 Å². The van der Waals surface area contributed by atoms with Gasteiger partial charge in [0.2, 0.25) is 0 Å².